The largest absolute Gasteiger partial charge is 0.465 e. The molecule has 0 saturated carbocycles. The molecule has 17 heavy (non-hydrogen) atoms. The van der Waals surface area contributed by atoms with Crippen LogP contribution in [-0.2, 0) is 4.74 Å². The summed E-state index contributed by atoms with van der Waals surface area (Å²) >= 11 is 3.46. The minimum Gasteiger partial charge on any atom is -0.465 e. The van der Waals surface area contributed by atoms with Gasteiger partial charge in [0.25, 0.3) is 0 Å². The maximum Gasteiger partial charge on any atom is 0.340 e. The van der Waals surface area contributed by atoms with Gasteiger partial charge < -0.3 is 4.74 Å². The van der Waals surface area contributed by atoms with Crippen molar-refractivity contribution in [1.82, 2.24) is 9.78 Å². The van der Waals surface area contributed by atoms with E-state index in [1.165, 1.54) is 7.11 Å². The van der Waals surface area contributed by atoms with Crippen LogP contribution in [0, 0.1) is 0 Å². The molecule has 0 saturated heterocycles. The van der Waals surface area contributed by atoms with Crippen LogP contribution in [0.15, 0.2) is 22.8 Å². The standard InChI is InChI=1S/C12H13BrN2O2/c1-7(2)15-6-9-10(13)5-4-8(11(9)14-15)12(16)17-3/h4-7H,1-3H3. The molecule has 90 valence electrons. The molecular formula is C12H13BrN2O2. The molecule has 2 rings (SSSR count). The van der Waals surface area contributed by atoms with E-state index in [2.05, 4.69) is 21.0 Å². The molecule has 4 nitrogen and oxygen atoms in total. The Labute approximate surface area is 108 Å². The van der Waals surface area contributed by atoms with Crippen molar-refractivity contribution in [1.29, 1.82) is 0 Å². The topological polar surface area (TPSA) is 44.1 Å². The van der Waals surface area contributed by atoms with Gasteiger partial charge in [-0.3, -0.25) is 4.68 Å². The first kappa shape index (κ1) is 12.1. The third kappa shape index (κ3) is 2.07. The van der Waals surface area contributed by atoms with Crippen molar-refractivity contribution < 1.29 is 9.53 Å². The van der Waals surface area contributed by atoms with Gasteiger partial charge in [-0.05, 0) is 26.0 Å². The van der Waals surface area contributed by atoms with Gasteiger partial charge in [-0.1, -0.05) is 15.9 Å². The number of rotatable bonds is 2. The number of hydrogen-bond acceptors (Lipinski definition) is 3. The number of esters is 1. The lowest BCUT2D eigenvalue weighted by Gasteiger charge is -2.03. The average Bonchev–Trinajstić information content (AvgIpc) is 2.74. The number of aromatic nitrogens is 2. The molecule has 1 aromatic heterocycles. The highest BCUT2D eigenvalue weighted by molar-refractivity contribution is 9.10. The van der Waals surface area contributed by atoms with Crippen molar-refractivity contribution in [3.63, 3.8) is 0 Å². The molecule has 0 aliphatic rings. The highest BCUT2D eigenvalue weighted by atomic mass is 79.9. The molecule has 0 amide bonds. The zero-order chi connectivity index (χ0) is 12.6. The van der Waals surface area contributed by atoms with Crippen molar-refractivity contribution in [2.75, 3.05) is 7.11 Å². The van der Waals surface area contributed by atoms with Gasteiger partial charge >= 0.3 is 5.97 Å². The second-order valence-electron chi connectivity index (χ2n) is 4.05. The van der Waals surface area contributed by atoms with Gasteiger partial charge in [0.1, 0.15) is 5.52 Å². The molecule has 0 unspecified atom stereocenters. The van der Waals surface area contributed by atoms with E-state index in [9.17, 15) is 4.79 Å². The number of benzene rings is 1. The Balaban J connectivity index is 2.71. The monoisotopic (exact) mass is 296 g/mol. The molecule has 0 bridgehead atoms. The van der Waals surface area contributed by atoms with E-state index in [4.69, 9.17) is 4.74 Å². The molecular weight excluding hydrogens is 284 g/mol. The molecule has 0 N–H and O–H groups in total. The lowest BCUT2D eigenvalue weighted by Crippen LogP contribution is -2.04. The molecule has 0 spiro atoms. The van der Waals surface area contributed by atoms with Crippen molar-refractivity contribution in [2.45, 2.75) is 19.9 Å². The fraction of sp³-hybridized carbons (Fsp3) is 0.333. The molecule has 0 atom stereocenters. The molecule has 1 heterocycles. The van der Waals surface area contributed by atoms with Crippen LogP contribution in [0.3, 0.4) is 0 Å². The average molecular weight is 297 g/mol. The highest BCUT2D eigenvalue weighted by Crippen LogP contribution is 2.27. The van der Waals surface area contributed by atoms with Crippen LogP contribution in [0.4, 0.5) is 0 Å². The summed E-state index contributed by atoms with van der Waals surface area (Å²) in [5.74, 6) is -0.364. The third-order valence-corrected chi connectivity index (χ3v) is 3.27. The predicted octanol–water partition coefficient (Wildman–Crippen LogP) is 3.17. The summed E-state index contributed by atoms with van der Waals surface area (Å²) in [4.78, 5) is 11.6. The Bertz CT molecular complexity index is 575. The Hall–Kier alpha value is -1.36. The summed E-state index contributed by atoms with van der Waals surface area (Å²) in [7, 11) is 1.37. The SMILES string of the molecule is COC(=O)c1ccc(Br)c2cn(C(C)C)nc12. The smallest absolute Gasteiger partial charge is 0.340 e. The number of carbonyl (C=O) groups excluding carboxylic acids is 1. The Morgan fingerprint density at radius 3 is 2.76 bits per heavy atom. The van der Waals surface area contributed by atoms with Crippen molar-refractivity contribution in [3.05, 3.63) is 28.4 Å². The van der Waals surface area contributed by atoms with Crippen LogP contribution in [0.2, 0.25) is 0 Å². The van der Waals surface area contributed by atoms with Crippen LogP contribution < -0.4 is 0 Å². The fourth-order valence-corrected chi connectivity index (χ4v) is 2.05. The number of nitrogens with zero attached hydrogens (tertiary/aromatic N) is 2. The maximum absolute atomic E-state index is 11.6. The van der Waals surface area contributed by atoms with E-state index in [1.807, 2.05) is 30.8 Å². The van der Waals surface area contributed by atoms with Crippen LogP contribution in [-0.4, -0.2) is 22.9 Å². The van der Waals surface area contributed by atoms with E-state index in [-0.39, 0.29) is 12.0 Å². The van der Waals surface area contributed by atoms with E-state index in [1.54, 1.807) is 6.07 Å². The van der Waals surface area contributed by atoms with Crippen molar-refractivity contribution in [3.8, 4) is 0 Å². The summed E-state index contributed by atoms with van der Waals surface area (Å²) in [6.07, 6.45) is 1.93. The minimum atomic E-state index is -0.364. The first-order chi connectivity index (χ1) is 8.04. The third-order valence-electron chi connectivity index (χ3n) is 2.58. The quantitative estimate of drug-likeness (QED) is 0.800. The molecule has 0 aliphatic heterocycles. The summed E-state index contributed by atoms with van der Waals surface area (Å²) in [5.41, 5.74) is 1.16. The minimum absolute atomic E-state index is 0.250. The van der Waals surface area contributed by atoms with Crippen molar-refractivity contribution in [2.24, 2.45) is 0 Å². The van der Waals surface area contributed by atoms with E-state index >= 15 is 0 Å². The zero-order valence-corrected chi connectivity index (χ0v) is 11.5. The number of methoxy groups -OCH3 is 1. The predicted molar refractivity (Wildman–Crippen MR) is 69.2 cm³/mol. The van der Waals surface area contributed by atoms with Crippen LogP contribution in [0.5, 0.6) is 0 Å². The molecule has 5 heteroatoms. The first-order valence-electron chi connectivity index (χ1n) is 5.30. The number of fused-ring (bicyclic) bond motifs is 1. The summed E-state index contributed by atoms with van der Waals surface area (Å²) in [6.45, 7) is 4.08. The summed E-state index contributed by atoms with van der Waals surface area (Å²) < 4.78 is 7.51. The molecule has 0 fully saturated rings. The lowest BCUT2D eigenvalue weighted by molar-refractivity contribution is 0.0602. The van der Waals surface area contributed by atoms with E-state index in [0.717, 1.165) is 9.86 Å². The molecule has 2 aromatic rings. The van der Waals surface area contributed by atoms with E-state index < -0.39 is 0 Å². The second-order valence-corrected chi connectivity index (χ2v) is 4.91. The van der Waals surface area contributed by atoms with Gasteiger partial charge in [0, 0.05) is 22.1 Å². The highest BCUT2D eigenvalue weighted by Gasteiger charge is 2.16. The number of halogens is 1. The van der Waals surface area contributed by atoms with E-state index in [0.29, 0.717) is 11.1 Å². The fourth-order valence-electron chi connectivity index (χ4n) is 1.63. The molecule has 1 aromatic carbocycles. The molecule has 0 aliphatic carbocycles. The Morgan fingerprint density at radius 1 is 1.47 bits per heavy atom. The lowest BCUT2D eigenvalue weighted by atomic mass is 10.1. The van der Waals surface area contributed by atoms with Crippen LogP contribution >= 0.6 is 15.9 Å². The van der Waals surface area contributed by atoms with Gasteiger partial charge in [-0.2, -0.15) is 5.10 Å². The van der Waals surface area contributed by atoms with Gasteiger partial charge in [-0.25, -0.2) is 4.79 Å². The van der Waals surface area contributed by atoms with Crippen LogP contribution in [0.25, 0.3) is 10.9 Å². The summed E-state index contributed by atoms with van der Waals surface area (Å²) in [6, 6.07) is 3.80. The second kappa shape index (κ2) is 4.49. The normalized spacial score (nSPS) is 11.1. The Morgan fingerprint density at radius 2 is 2.18 bits per heavy atom. The van der Waals surface area contributed by atoms with Gasteiger partial charge in [0.15, 0.2) is 0 Å². The molecule has 0 radical (unpaired) electrons. The first-order valence-corrected chi connectivity index (χ1v) is 6.09. The maximum atomic E-state index is 11.6. The van der Waals surface area contributed by atoms with Gasteiger partial charge in [-0.15, -0.1) is 0 Å². The Kier molecular flexibility index (Phi) is 3.19. The number of carbonyl (C=O) groups is 1. The van der Waals surface area contributed by atoms with Crippen molar-refractivity contribution >= 4 is 32.8 Å². The summed E-state index contributed by atoms with van der Waals surface area (Å²) in [5, 5.41) is 5.35. The number of ether oxygens (including phenoxy) is 1. The van der Waals surface area contributed by atoms with Crippen LogP contribution in [0.1, 0.15) is 30.2 Å². The zero-order valence-electron chi connectivity index (χ0n) is 9.90. The number of hydrogen-bond donors (Lipinski definition) is 0. The van der Waals surface area contributed by atoms with Gasteiger partial charge in [0.2, 0.25) is 0 Å². The van der Waals surface area contributed by atoms with Gasteiger partial charge in [0.05, 0.1) is 12.7 Å².